The maximum Gasteiger partial charge on any atom is 0.145 e. The fraction of sp³-hybridized carbons (Fsp3) is 0.211. The van der Waals surface area contributed by atoms with Crippen LogP contribution in [0.5, 0.6) is 11.5 Å². The first-order valence-corrected chi connectivity index (χ1v) is 14.9. The molecule has 5 nitrogen and oxygen atoms in total. The van der Waals surface area contributed by atoms with Crippen LogP contribution >= 0.6 is 0 Å². The van der Waals surface area contributed by atoms with E-state index in [1.165, 1.54) is 43.7 Å². The van der Waals surface area contributed by atoms with Gasteiger partial charge in [-0.2, -0.15) is 0 Å². The Kier molecular flexibility index (Phi) is 5.28. The highest BCUT2D eigenvalue weighted by Gasteiger charge is 2.22. The van der Waals surface area contributed by atoms with E-state index in [4.69, 9.17) is 14.7 Å². The van der Waals surface area contributed by atoms with Crippen molar-refractivity contribution < 1.29 is 4.74 Å². The second kappa shape index (κ2) is 8.81. The number of aromatic nitrogens is 4. The highest BCUT2D eigenvalue weighted by atomic mass is 16.5. The zero-order chi connectivity index (χ0) is 29.7. The van der Waals surface area contributed by atoms with Gasteiger partial charge in [-0.05, 0) is 81.3 Å². The molecule has 0 saturated heterocycles. The van der Waals surface area contributed by atoms with Crippen molar-refractivity contribution in [3.8, 4) is 11.5 Å². The third-order valence-corrected chi connectivity index (χ3v) is 8.74. The molecule has 0 aliphatic heterocycles. The van der Waals surface area contributed by atoms with E-state index in [-0.39, 0.29) is 10.8 Å². The second-order valence-corrected chi connectivity index (χ2v) is 13.7. The number of hydrogen-bond acceptors (Lipinski definition) is 3. The Balaban J connectivity index is 1.32. The van der Waals surface area contributed by atoms with Gasteiger partial charge in [0.1, 0.15) is 22.8 Å². The van der Waals surface area contributed by atoms with Gasteiger partial charge >= 0.3 is 0 Å². The summed E-state index contributed by atoms with van der Waals surface area (Å²) in [5.74, 6) is 1.56. The number of pyridine rings is 2. The van der Waals surface area contributed by atoms with Crippen LogP contribution in [0.2, 0.25) is 0 Å². The van der Waals surface area contributed by atoms with E-state index in [0.717, 1.165) is 33.6 Å². The molecule has 0 amide bonds. The van der Waals surface area contributed by atoms with Gasteiger partial charge in [-0.3, -0.25) is 8.80 Å². The predicted octanol–water partition coefficient (Wildman–Crippen LogP) is 9.98. The van der Waals surface area contributed by atoms with Crippen molar-refractivity contribution in [2.24, 2.45) is 0 Å². The fourth-order valence-electron chi connectivity index (χ4n) is 6.81. The zero-order valence-corrected chi connectivity index (χ0v) is 25.4. The van der Waals surface area contributed by atoms with Crippen LogP contribution in [-0.4, -0.2) is 18.8 Å². The Bertz CT molecular complexity index is 2230. The predicted molar refractivity (Wildman–Crippen MR) is 178 cm³/mol. The van der Waals surface area contributed by atoms with Gasteiger partial charge < -0.3 is 4.74 Å². The first-order chi connectivity index (χ1) is 20.6. The minimum atomic E-state index is -0.00380. The first-order valence-electron chi connectivity index (χ1n) is 14.9. The van der Waals surface area contributed by atoms with Crippen LogP contribution in [-0.2, 0) is 10.8 Å². The summed E-state index contributed by atoms with van der Waals surface area (Å²) < 4.78 is 11.0. The highest BCUT2D eigenvalue weighted by molar-refractivity contribution is 6.15. The molecule has 0 spiro atoms. The maximum atomic E-state index is 6.59. The summed E-state index contributed by atoms with van der Waals surface area (Å²) in [6.07, 6.45) is 7.85. The number of ether oxygens (including phenoxy) is 1. The molecule has 212 valence electrons. The molecule has 43 heavy (non-hydrogen) atoms. The average molecular weight is 563 g/mol. The van der Waals surface area contributed by atoms with E-state index in [1.807, 2.05) is 24.8 Å². The first kappa shape index (κ1) is 25.8. The van der Waals surface area contributed by atoms with Crippen molar-refractivity contribution >= 4 is 54.6 Å². The van der Waals surface area contributed by atoms with E-state index in [1.54, 1.807) is 0 Å². The minimum absolute atomic E-state index is 0.00380. The maximum absolute atomic E-state index is 6.59. The molecule has 5 heteroatoms. The molecule has 0 aliphatic carbocycles. The summed E-state index contributed by atoms with van der Waals surface area (Å²) in [5, 5.41) is 7.04. The van der Waals surface area contributed by atoms with Crippen molar-refractivity contribution in [1.29, 1.82) is 0 Å². The van der Waals surface area contributed by atoms with Gasteiger partial charge in [0, 0.05) is 46.3 Å². The highest BCUT2D eigenvalue weighted by Crippen LogP contribution is 2.40. The monoisotopic (exact) mass is 562 g/mol. The lowest BCUT2D eigenvalue weighted by Gasteiger charge is -2.23. The van der Waals surface area contributed by atoms with Gasteiger partial charge in [-0.15, -0.1) is 0 Å². The Hall–Kier alpha value is -4.90. The number of nitrogens with zero attached hydrogens (tertiary/aromatic N) is 4. The average Bonchev–Trinajstić information content (AvgIpc) is 3.67. The van der Waals surface area contributed by atoms with Gasteiger partial charge in [-0.1, -0.05) is 65.8 Å². The van der Waals surface area contributed by atoms with Crippen molar-refractivity contribution in [3.05, 3.63) is 109 Å². The van der Waals surface area contributed by atoms with Crippen molar-refractivity contribution in [1.82, 2.24) is 18.8 Å². The third kappa shape index (κ3) is 3.84. The smallest absolute Gasteiger partial charge is 0.145 e. The molecule has 4 aromatic carbocycles. The Morgan fingerprint density at radius 3 is 1.40 bits per heavy atom. The molecule has 8 rings (SSSR count). The van der Waals surface area contributed by atoms with Crippen LogP contribution < -0.4 is 4.74 Å². The summed E-state index contributed by atoms with van der Waals surface area (Å²) in [6.45, 7) is 13.6. The second-order valence-electron chi connectivity index (χ2n) is 13.7. The molecule has 0 radical (unpaired) electrons. The molecule has 0 saturated carbocycles. The molecular formula is C38H34N4O. The molecule has 4 aromatic heterocycles. The van der Waals surface area contributed by atoms with E-state index in [0.29, 0.717) is 0 Å². The van der Waals surface area contributed by atoms with Gasteiger partial charge in [0.05, 0.1) is 11.0 Å². The van der Waals surface area contributed by atoms with Gasteiger partial charge in [0.15, 0.2) is 0 Å². The molecule has 0 fully saturated rings. The Morgan fingerprint density at radius 1 is 0.535 bits per heavy atom. The molecule has 0 atom stereocenters. The van der Waals surface area contributed by atoms with Crippen LogP contribution in [0.1, 0.15) is 52.7 Å². The molecule has 4 heterocycles. The van der Waals surface area contributed by atoms with Crippen LogP contribution in [0.25, 0.3) is 54.6 Å². The van der Waals surface area contributed by atoms with Gasteiger partial charge in [0.25, 0.3) is 0 Å². The van der Waals surface area contributed by atoms with Crippen molar-refractivity contribution in [2.45, 2.75) is 52.4 Å². The Labute approximate surface area is 250 Å². The van der Waals surface area contributed by atoms with Gasteiger partial charge in [-0.25, -0.2) is 9.97 Å². The minimum Gasteiger partial charge on any atom is -0.457 e. The zero-order valence-electron chi connectivity index (χ0n) is 25.4. The number of imidazole rings is 2. The van der Waals surface area contributed by atoms with Crippen LogP contribution in [0.3, 0.4) is 0 Å². The summed E-state index contributed by atoms with van der Waals surface area (Å²) in [5.41, 5.74) is 6.82. The van der Waals surface area contributed by atoms with Crippen molar-refractivity contribution in [3.63, 3.8) is 0 Å². The normalized spacial score (nSPS) is 12.9. The number of hydrogen-bond donors (Lipinski definition) is 0. The van der Waals surface area contributed by atoms with Crippen LogP contribution in [0.4, 0.5) is 0 Å². The lowest BCUT2D eigenvalue weighted by molar-refractivity contribution is 0.484. The largest absolute Gasteiger partial charge is 0.457 e. The summed E-state index contributed by atoms with van der Waals surface area (Å²) in [6, 6.07) is 25.9. The van der Waals surface area contributed by atoms with E-state index in [9.17, 15) is 0 Å². The molecule has 0 unspecified atom stereocenters. The topological polar surface area (TPSA) is 43.8 Å². The number of benzene rings is 4. The molecule has 0 N–H and O–H groups in total. The molecule has 0 bridgehead atoms. The van der Waals surface area contributed by atoms with E-state index in [2.05, 4.69) is 123 Å². The van der Waals surface area contributed by atoms with Gasteiger partial charge in [0.2, 0.25) is 0 Å². The molecular weight excluding hydrogens is 528 g/mol. The SMILES string of the molecule is CC(C)(C)c1cccc2c1c1ccc(Oc3ccc4c(c3)c3nccn3c3cccc(C(C)(C)C)c43)cc1c1nccn21. The third-order valence-electron chi connectivity index (χ3n) is 8.74. The van der Waals surface area contributed by atoms with Crippen LogP contribution in [0.15, 0.2) is 97.6 Å². The number of rotatable bonds is 2. The Morgan fingerprint density at radius 2 is 0.977 bits per heavy atom. The fourth-order valence-corrected chi connectivity index (χ4v) is 6.81. The van der Waals surface area contributed by atoms with Crippen LogP contribution in [0, 0.1) is 0 Å². The standard InChI is InChI=1S/C38H34N4O/c1-37(2,3)29-9-7-11-31-33(29)25-15-13-23(21-27(25)35-39-17-19-41(31)35)43-24-14-16-26-28(22-24)36-40-18-20-42(36)32-12-8-10-30(34(26)32)38(4,5)6/h7-22H,1-6H3. The number of fused-ring (bicyclic) bond motifs is 12. The van der Waals surface area contributed by atoms with E-state index >= 15 is 0 Å². The summed E-state index contributed by atoms with van der Waals surface area (Å²) >= 11 is 0. The summed E-state index contributed by atoms with van der Waals surface area (Å²) in [7, 11) is 0. The molecule has 8 aromatic rings. The molecule has 0 aliphatic rings. The van der Waals surface area contributed by atoms with Crippen molar-refractivity contribution in [2.75, 3.05) is 0 Å². The van der Waals surface area contributed by atoms with E-state index < -0.39 is 0 Å². The quantitative estimate of drug-likeness (QED) is 0.197. The lowest BCUT2D eigenvalue weighted by Crippen LogP contribution is -2.12. The summed E-state index contributed by atoms with van der Waals surface area (Å²) in [4.78, 5) is 9.52. The lowest BCUT2D eigenvalue weighted by atomic mass is 9.83.